The molecule has 0 amide bonds. The van der Waals surface area contributed by atoms with E-state index >= 15 is 0 Å². The van der Waals surface area contributed by atoms with Crippen LogP contribution in [0.15, 0.2) is 71.8 Å². The first kappa shape index (κ1) is 16.2. The smallest absolute Gasteiger partial charge is 0.261 e. The van der Waals surface area contributed by atoms with E-state index in [2.05, 4.69) is 9.71 Å². The number of para-hydroxylation sites is 1. The molecule has 3 aromatic rings. The third kappa shape index (κ3) is 3.46. The number of aromatic nitrogens is 1. The second-order valence-electron chi connectivity index (χ2n) is 5.68. The normalized spacial score (nSPS) is 11.2. The van der Waals surface area contributed by atoms with Crippen LogP contribution in [0.2, 0.25) is 0 Å². The Morgan fingerprint density at radius 1 is 0.833 bits per heavy atom. The molecule has 2 aromatic carbocycles. The number of pyridine rings is 1. The van der Waals surface area contributed by atoms with Gasteiger partial charge in [0, 0.05) is 11.8 Å². The van der Waals surface area contributed by atoms with Crippen molar-refractivity contribution in [1.82, 2.24) is 4.98 Å². The van der Waals surface area contributed by atoms with Crippen molar-refractivity contribution in [3.63, 3.8) is 0 Å². The number of hydrogen-bond donors (Lipinski definition) is 1. The zero-order valence-corrected chi connectivity index (χ0v) is 14.3. The molecule has 5 heteroatoms. The number of benzene rings is 2. The van der Waals surface area contributed by atoms with Gasteiger partial charge in [-0.15, -0.1) is 0 Å². The molecule has 0 aliphatic carbocycles. The van der Waals surface area contributed by atoms with Crippen molar-refractivity contribution in [2.45, 2.75) is 18.7 Å². The molecule has 0 bridgehead atoms. The zero-order chi connectivity index (χ0) is 17.2. The Balaban J connectivity index is 1.98. The summed E-state index contributed by atoms with van der Waals surface area (Å²) < 4.78 is 27.9. The fourth-order valence-corrected chi connectivity index (χ4v) is 3.42. The maximum Gasteiger partial charge on any atom is 0.261 e. The molecule has 0 unspecified atom stereocenters. The quantitative estimate of drug-likeness (QED) is 0.777. The largest absolute Gasteiger partial charge is 0.279 e. The lowest BCUT2D eigenvalue weighted by atomic mass is 10.1. The van der Waals surface area contributed by atoms with Gasteiger partial charge in [-0.1, -0.05) is 42.0 Å². The third-order valence-electron chi connectivity index (χ3n) is 3.69. The summed E-state index contributed by atoms with van der Waals surface area (Å²) in [5.74, 6) is 0. The molecule has 24 heavy (non-hydrogen) atoms. The summed E-state index contributed by atoms with van der Waals surface area (Å²) in [5, 5.41) is 0. The Bertz CT molecular complexity index is 947. The van der Waals surface area contributed by atoms with E-state index in [-0.39, 0.29) is 4.90 Å². The molecule has 1 heterocycles. The van der Waals surface area contributed by atoms with Gasteiger partial charge in [-0.2, -0.15) is 0 Å². The van der Waals surface area contributed by atoms with Crippen LogP contribution in [0.4, 0.5) is 5.69 Å². The van der Waals surface area contributed by atoms with Gasteiger partial charge in [0.15, 0.2) is 0 Å². The summed E-state index contributed by atoms with van der Waals surface area (Å²) >= 11 is 0. The number of rotatable bonds is 4. The van der Waals surface area contributed by atoms with Crippen molar-refractivity contribution in [2.24, 2.45) is 0 Å². The van der Waals surface area contributed by atoms with Crippen LogP contribution in [-0.4, -0.2) is 13.4 Å². The van der Waals surface area contributed by atoms with Crippen LogP contribution in [0, 0.1) is 13.8 Å². The highest BCUT2D eigenvalue weighted by Gasteiger charge is 2.16. The average molecular weight is 338 g/mol. The van der Waals surface area contributed by atoms with Crippen LogP contribution in [0.1, 0.15) is 11.1 Å². The molecule has 122 valence electrons. The summed E-state index contributed by atoms with van der Waals surface area (Å²) in [7, 11) is -3.65. The summed E-state index contributed by atoms with van der Waals surface area (Å²) in [6, 6.07) is 17.8. The van der Waals surface area contributed by atoms with Crippen molar-refractivity contribution < 1.29 is 8.42 Å². The average Bonchev–Trinajstić information content (AvgIpc) is 2.56. The van der Waals surface area contributed by atoms with Gasteiger partial charge in [-0.05, 0) is 43.7 Å². The Morgan fingerprint density at radius 2 is 1.50 bits per heavy atom. The zero-order valence-electron chi connectivity index (χ0n) is 13.5. The van der Waals surface area contributed by atoms with E-state index in [0.717, 1.165) is 22.4 Å². The molecule has 0 spiro atoms. The first-order valence-electron chi connectivity index (χ1n) is 7.57. The molecular formula is C19H18N2O2S. The van der Waals surface area contributed by atoms with Crippen LogP contribution in [-0.2, 0) is 10.0 Å². The van der Waals surface area contributed by atoms with Gasteiger partial charge in [0.05, 0.1) is 16.3 Å². The maximum absolute atomic E-state index is 12.6. The lowest BCUT2D eigenvalue weighted by Crippen LogP contribution is -2.13. The highest BCUT2D eigenvalue weighted by Crippen LogP contribution is 2.28. The van der Waals surface area contributed by atoms with Gasteiger partial charge in [0.2, 0.25) is 0 Å². The molecule has 0 aliphatic rings. The van der Waals surface area contributed by atoms with E-state index in [1.54, 1.807) is 42.6 Å². The van der Waals surface area contributed by atoms with E-state index in [0.29, 0.717) is 5.69 Å². The van der Waals surface area contributed by atoms with Crippen LogP contribution in [0.5, 0.6) is 0 Å². The molecule has 0 atom stereocenters. The number of sulfonamides is 1. The van der Waals surface area contributed by atoms with Crippen LogP contribution in [0.3, 0.4) is 0 Å². The molecule has 0 aliphatic heterocycles. The standard InChI is InChI=1S/C19H18N2O2S/c1-14-7-10-16(11-8-14)24(22,23)21-19-6-4-3-5-17(19)18-12-9-15(2)13-20-18/h3-13,21H,1-2H3. The van der Waals surface area contributed by atoms with E-state index in [9.17, 15) is 8.42 Å². The minimum Gasteiger partial charge on any atom is -0.279 e. The van der Waals surface area contributed by atoms with Crippen molar-refractivity contribution in [3.8, 4) is 11.3 Å². The molecule has 0 radical (unpaired) electrons. The molecule has 0 saturated heterocycles. The number of nitrogens with zero attached hydrogens (tertiary/aromatic N) is 1. The second kappa shape index (κ2) is 6.45. The molecule has 3 rings (SSSR count). The van der Waals surface area contributed by atoms with Crippen molar-refractivity contribution >= 4 is 15.7 Å². The van der Waals surface area contributed by atoms with Crippen LogP contribution < -0.4 is 4.72 Å². The maximum atomic E-state index is 12.6. The van der Waals surface area contributed by atoms with E-state index in [1.165, 1.54) is 0 Å². The van der Waals surface area contributed by atoms with Crippen LogP contribution >= 0.6 is 0 Å². The number of aryl methyl sites for hydroxylation is 2. The fourth-order valence-electron chi connectivity index (χ4n) is 2.34. The first-order valence-corrected chi connectivity index (χ1v) is 9.05. The van der Waals surface area contributed by atoms with Crippen LogP contribution in [0.25, 0.3) is 11.3 Å². The Kier molecular flexibility index (Phi) is 4.36. The molecule has 0 saturated carbocycles. The minimum absolute atomic E-state index is 0.236. The van der Waals surface area contributed by atoms with Gasteiger partial charge in [-0.3, -0.25) is 9.71 Å². The van der Waals surface area contributed by atoms with Crippen molar-refractivity contribution in [3.05, 3.63) is 78.0 Å². The Hall–Kier alpha value is -2.66. The summed E-state index contributed by atoms with van der Waals surface area (Å²) in [5.41, 5.74) is 4.04. The number of anilines is 1. The molecule has 4 nitrogen and oxygen atoms in total. The SMILES string of the molecule is Cc1ccc(S(=O)(=O)Nc2ccccc2-c2ccc(C)cn2)cc1. The molecule has 1 N–H and O–H groups in total. The highest BCUT2D eigenvalue weighted by molar-refractivity contribution is 7.92. The van der Waals surface area contributed by atoms with Gasteiger partial charge < -0.3 is 0 Å². The predicted octanol–water partition coefficient (Wildman–Crippen LogP) is 4.17. The molecular weight excluding hydrogens is 320 g/mol. The fraction of sp³-hybridized carbons (Fsp3) is 0.105. The topological polar surface area (TPSA) is 59.1 Å². The summed E-state index contributed by atoms with van der Waals surface area (Å²) in [4.78, 5) is 4.62. The van der Waals surface area contributed by atoms with Gasteiger partial charge in [0.1, 0.15) is 0 Å². The van der Waals surface area contributed by atoms with E-state index in [1.807, 2.05) is 38.1 Å². The molecule has 1 aromatic heterocycles. The molecule has 0 fully saturated rings. The van der Waals surface area contributed by atoms with E-state index in [4.69, 9.17) is 0 Å². The Labute approximate surface area is 142 Å². The lowest BCUT2D eigenvalue weighted by molar-refractivity contribution is 0.601. The number of hydrogen-bond acceptors (Lipinski definition) is 3. The summed E-state index contributed by atoms with van der Waals surface area (Å²) in [6.07, 6.45) is 1.76. The monoisotopic (exact) mass is 338 g/mol. The predicted molar refractivity (Wildman–Crippen MR) is 96.4 cm³/mol. The summed E-state index contributed by atoms with van der Waals surface area (Å²) in [6.45, 7) is 3.88. The lowest BCUT2D eigenvalue weighted by Gasteiger charge is -2.12. The van der Waals surface area contributed by atoms with E-state index < -0.39 is 10.0 Å². The van der Waals surface area contributed by atoms with Crippen molar-refractivity contribution in [2.75, 3.05) is 4.72 Å². The highest BCUT2D eigenvalue weighted by atomic mass is 32.2. The Morgan fingerprint density at radius 3 is 2.17 bits per heavy atom. The van der Waals surface area contributed by atoms with Gasteiger partial charge >= 0.3 is 0 Å². The minimum atomic E-state index is -3.65. The van der Waals surface area contributed by atoms with Crippen molar-refractivity contribution in [1.29, 1.82) is 0 Å². The van der Waals surface area contributed by atoms with Gasteiger partial charge in [-0.25, -0.2) is 8.42 Å². The third-order valence-corrected chi connectivity index (χ3v) is 5.07. The second-order valence-corrected chi connectivity index (χ2v) is 7.37. The van der Waals surface area contributed by atoms with Gasteiger partial charge in [0.25, 0.3) is 10.0 Å². The first-order chi connectivity index (χ1) is 11.5. The number of nitrogens with one attached hydrogen (secondary N) is 1.